The van der Waals surface area contributed by atoms with E-state index in [2.05, 4.69) is 30.4 Å². The molecule has 0 bridgehead atoms. The summed E-state index contributed by atoms with van der Waals surface area (Å²) in [6, 6.07) is 4.38. The fourth-order valence-corrected chi connectivity index (χ4v) is 6.28. The Hall–Kier alpha value is -4.33. The van der Waals surface area contributed by atoms with Crippen molar-refractivity contribution in [3.05, 3.63) is 62.7 Å². The van der Waals surface area contributed by atoms with E-state index in [0.717, 1.165) is 52.0 Å². The molecule has 0 spiro atoms. The average molecular weight is 604 g/mol. The summed E-state index contributed by atoms with van der Waals surface area (Å²) in [7, 11) is 0. The van der Waals surface area contributed by atoms with Gasteiger partial charge < -0.3 is 34.6 Å². The Labute approximate surface area is 251 Å². The first kappa shape index (κ1) is 28.4. The zero-order valence-electron chi connectivity index (χ0n) is 24.3. The summed E-state index contributed by atoms with van der Waals surface area (Å²) < 4.78 is 29.2. The molecule has 0 saturated carbocycles. The summed E-state index contributed by atoms with van der Waals surface area (Å²) in [5.74, 6) is -0.805. The van der Waals surface area contributed by atoms with Gasteiger partial charge in [-0.05, 0) is 57.1 Å². The first-order chi connectivity index (χ1) is 21.5. The molecule has 3 N–H and O–H groups in total. The van der Waals surface area contributed by atoms with Gasteiger partial charge in [0, 0.05) is 38.9 Å². The van der Waals surface area contributed by atoms with Crippen molar-refractivity contribution in [2.45, 2.75) is 19.3 Å². The van der Waals surface area contributed by atoms with Gasteiger partial charge in [-0.15, -0.1) is 0 Å². The highest BCUT2D eigenvalue weighted by Gasteiger charge is 2.29. The van der Waals surface area contributed by atoms with Crippen LogP contribution in [0.1, 0.15) is 29.6 Å². The van der Waals surface area contributed by atoms with Gasteiger partial charge in [-0.3, -0.25) is 19.3 Å². The van der Waals surface area contributed by atoms with Crippen molar-refractivity contribution in [2.24, 2.45) is 0 Å². The maximum Gasteiger partial charge on any atom is 0.258 e. The molecule has 2 aromatic carbocycles. The van der Waals surface area contributed by atoms with Gasteiger partial charge >= 0.3 is 0 Å². The summed E-state index contributed by atoms with van der Waals surface area (Å²) in [5, 5.41) is 6.36. The highest BCUT2D eigenvalue weighted by atomic mass is 19.1. The van der Waals surface area contributed by atoms with Gasteiger partial charge in [-0.2, -0.15) is 0 Å². The lowest BCUT2D eigenvalue weighted by molar-refractivity contribution is 0.0378. The number of H-pyrrole nitrogens is 1. The standard InChI is InChI=1S/C31H34FN7O5/c32-22-14-20-27-29(26(22)33-4-3-8-38-10-12-43-13-11-38)44-25-15-19-23(35-18-36-30(19)41)16-24(25)39(27)17-21(28(20)40)31(42)34-5-9-37-6-1-2-7-37/h14-18,33H,1-13H2,(H,34,42)(H,35,36,41). The number of rotatable bonds is 9. The molecule has 3 aliphatic heterocycles. The number of hydrogen-bond acceptors (Lipinski definition) is 9. The summed E-state index contributed by atoms with van der Waals surface area (Å²) in [5.41, 5.74) is 0.282. The minimum Gasteiger partial charge on any atom is -0.451 e. The SMILES string of the molecule is O=C(NCCN1CCCC1)c1cn2c3c(c(NCCCN4CCOCC4)c(F)cc3c1=O)Oc1cc3c(=O)[nH]cnc3cc1-2. The number of ether oxygens (including phenoxy) is 2. The van der Waals surface area contributed by atoms with Crippen molar-refractivity contribution in [3.8, 4) is 17.2 Å². The fraction of sp³-hybridized carbons (Fsp3) is 0.419. The van der Waals surface area contributed by atoms with Crippen LogP contribution in [0.2, 0.25) is 0 Å². The van der Waals surface area contributed by atoms with Gasteiger partial charge in [0.1, 0.15) is 16.8 Å². The van der Waals surface area contributed by atoms with Crippen LogP contribution in [-0.2, 0) is 4.74 Å². The predicted octanol–water partition coefficient (Wildman–Crippen LogP) is 2.43. The van der Waals surface area contributed by atoms with E-state index in [4.69, 9.17) is 9.47 Å². The van der Waals surface area contributed by atoms with Crippen molar-refractivity contribution in [1.29, 1.82) is 0 Å². The summed E-state index contributed by atoms with van der Waals surface area (Å²) >= 11 is 0. The molecule has 2 saturated heterocycles. The Kier molecular flexibility index (Phi) is 7.75. The number of halogens is 1. The highest BCUT2D eigenvalue weighted by Crippen LogP contribution is 2.45. The van der Waals surface area contributed by atoms with E-state index in [1.807, 2.05) is 0 Å². The third-order valence-corrected chi connectivity index (χ3v) is 8.60. The van der Waals surface area contributed by atoms with Crippen LogP contribution in [0.15, 0.2) is 40.3 Å². The molecule has 1 amide bonds. The number of carbonyl (C=O) groups is 1. The Bertz CT molecular complexity index is 1860. The topological polar surface area (TPSA) is 134 Å². The zero-order chi connectivity index (χ0) is 30.2. The molecule has 5 heterocycles. The molecule has 230 valence electrons. The molecule has 2 fully saturated rings. The van der Waals surface area contributed by atoms with Crippen LogP contribution in [0.25, 0.3) is 27.5 Å². The van der Waals surface area contributed by atoms with E-state index in [-0.39, 0.29) is 33.7 Å². The van der Waals surface area contributed by atoms with Crippen molar-refractivity contribution in [2.75, 3.05) is 70.9 Å². The summed E-state index contributed by atoms with van der Waals surface area (Å²) in [4.78, 5) is 51.0. The smallest absolute Gasteiger partial charge is 0.258 e. The van der Waals surface area contributed by atoms with Gasteiger partial charge in [0.2, 0.25) is 5.43 Å². The van der Waals surface area contributed by atoms with Crippen LogP contribution in [0.3, 0.4) is 0 Å². The van der Waals surface area contributed by atoms with Gasteiger partial charge in [-0.1, -0.05) is 0 Å². The largest absolute Gasteiger partial charge is 0.451 e. The van der Waals surface area contributed by atoms with Crippen LogP contribution in [0, 0.1) is 5.82 Å². The number of nitrogens with one attached hydrogen (secondary N) is 3. The Balaban J connectivity index is 1.27. The van der Waals surface area contributed by atoms with Gasteiger partial charge in [0.05, 0.1) is 41.5 Å². The fourth-order valence-electron chi connectivity index (χ4n) is 6.28. The van der Waals surface area contributed by atoms with Crippen LogP contribution in [0.4, 0.5) is 10.1 Å². The predicted molar refractivity (Wildman–Crippen MR) is 164 cm³/mol. The van der Waals surface area contributed by atoms with E-state index in [0.29, 0.717) is 55.0 Å². The van der Waals surface area contributed by atoms with Gasteiger partial charge in [0.25, 0.3) is 11.5 Å². The number of amides is 1. The molecule has 2 aromatic heterocycles. The second kappa shape index (κ2) is 12.0. The van der Waals surface area contributed by atoms with Crippen molar-refractivity contribution in [3.63, 3.8) is 0 Å². The van der Waals surface area contributed by atoms with E-state index in [1.54, 1.807) is 16.7 Å². The number of fused-ring (bicyclic) bond motifs is 3. The Morgan fingerprint density at radius 2 is 1.80 bits per heavy atom. The third-order valence-electron chi connectivity index (χ3n) is 8.60. The number of aromatic nitrogens is 3. The maximum atomic E-state index is 15.8. The van der Waals surface area contributed by atoms with E-state index >= 15 is 4.39 Å². The number of carbonyl (C=O) groups excluding carboxylic acids is 1. The maximum absolute atomic E-state index is 15.8. The number of nitrogens with zero attached hydrogens (tertiary/aromatic N) is 4. The first-order valence-corrected chi connectivity index (χ1v) is 15.1. The van der Waals surface area contributed by atoms with Crippen LogP contribution >= 0.6 is 0 Å². The number of hydrogen-bond donors (Lipinski definition) is 3. The number of benzene rings is 2. The molecule has 12 nitrogen and oxygen atoms in total. The highest BCUT2D eigenvalue weighted by molar-refractivity contribution is 6.01. The molecule has 3 aliphatic rings. The number of likely N-dealkylation sites (tertiary alicyclic amines) is 1. The number of anilines is 1. The van der Waals surface area contributed by atoms with Crippen molar-refractivity contribution < 1.29 is 18.7 Å². The van der Waals surface area contributed by atoms with E-state index in [1.165, 1.54) is 18.6 Å². The number of pyridine rings is 1. The minimum absolute atomic E-state index is 0.0215. The molecule has 0 aliphatic carbocycles. The Morgan fingerprint density at radius 1 is 1.00 bits per heavy atom. The third kappa shape index (κ3) is 5.31. The lowest BCUT2D eigenvalue weighted by Crippen LogP contribution is -2.37. The molecule has 13 heteroatoms. The molecule has 44 heavy (non-hydrogen) atoms. The van der Waals surface area contributed by atoms with Gasteiger partial charge in [-0.25, -0.2) is 9.37 Å². The van der Waals surface area contributed by atoms with Crippen LogP contribution in [-0.4, -0.2) is 95.8 Å². The second-order valence-electron chi connectivity index (χ2n) is 11.4. The van der Waals surface area contributed by atoms with E-state index in [9.17, 15) is 14.4 Å². The van der Waals surface area contributed by atoms with Crippen molar-refractivity contribution >= 4 is 33.4 Å². The monoisotopic (exact) mass is 603 g/mol. The molecule has 0 unspecified atom stereocenters. The quantitative estimate of drug-likeness (QED) is 0.217. The molecular weight excluding hydrogens is 569 g/mol. The lowest BCUT2D eigenvalue weighted by Gasteiger charge is -2.27. The summed E-state index contributed by atoms with van der Waals surface area (Å²) in [6.07, 6.45) is 5.81. The van der Waals surface area contributed by atoms with Gasteiger partial charge in [0.15, 0.2) is 17.3 Å². The molecule has 7 rings (SSSR count). The van der Waals surface area contributed by atoms with Crippen molar-refractivity contribution in [1.82, 2.24) is 29.7 Å². The lowest BCUT2D eigenvalue weighted by atomic mass is 10.1. The average Bonchev–Trinajstić information content (AvgIpc) is 3.55. The second-order valence-corrected chi connectivity index (χ2v) is 11.4. The van der Waals surface area contributed by atoms with E-state index < -0.39 is 17.2 Å². The minimum atomic E-state index is -0.669. The normalized spacial score (nSPS) is 16.7. The number of morpholine rings is 1. The number of aromatic amines is 1. The van der Waals surface area contributed by atoms with Crippen LogP contribution in [0.5, 0.6) is 11.5 Å². The molecule has 0 atom stereocenters. The molecule has 4 aromatic rings. The zero-order valence-corrected chi connectivity index (χ0v) is 24.3. The summed E-state index contributed by atoms with van der Waals surface area (Å²) in [6.45, 7) is 7.48. The first-order valence-electron chi connectivity index (χ1n) is 15.1. The van der Waals surface area contributed by atoms with Crippen LogP contribution < -0.4 is 26.4 Å². The molecular formula is C31H34FN7O5. The Morgan fingerprint density at radius 3 is 2.61 bits per heavy atom. The molecule has 0 radical (unpaired) electrons.